The van der Waals surface area contributed by atoms with Crippen LogP contribution in [0.1, 0.15) is 18.0 Å². The molecular formula is C21H20N4O3S. The van der Waals surface area contributed by atoms with Gasteiger partial charge in [0.2, 0.25) is 0 Å². The normalized spacial score (nSPS) is 12.5. The van der Waals surface area contributed by atoms with E-state index in [-0.39, 0.29) is 16.4 Å². The van der Waals surface area contributed by atoms with E-state index < -0.39 is 0 Å². The van der Waals surface area contributed by atoms with Crippen molar-refractivity contribution in [2.75, 3.05) is 13.7 Å². The van der Waals surface area contributed by atoms with Crippen LogP contribution in [0, 0.1) is 0 Å². The zero-order chi connectivity index (χ0) is 20.4. The van der Waals surface area contributed by atoms with E-state index in [1.807, 2.05) is 43.3 Å². The molecule has 0 aliphatic carbocycles. The van der Waals surface area contributed by atoms with Crippen LogP contribution in [-0.4, -0.2) is 33.2 Å². The molecule has 4 aromatic rings. The number of nitrogens with one attached hydrogen (secondary N) is 1. The highest BCUT2D eigenvalue weighted by Gasteiger charge is 2.18. The summed E-state index contributed by atoms with van der Waals surface area (Å²) in [7, 11) is 1.60. The fourth-order valence-corrected chi connectivity index (χ4v) is 4.12. The highest BCUT2D eigenvalue weighted by molar-refractivity contribution is 7.99. The average molecular weight is 408 g/mol. The van der Waals surface area contributed by atoms with Crippen molar-refractivity contribution in [3.8, 4) is 0 Å². The molecule has 0 radical (unpaired) electrons. The molecule has 148 valence electrons. The van der Waals surface area contributed by atoms with Gasteiger partial charge in [-0.2, -0.15) is 0 Å². The first-order valence-corrected chi connectivity index (χ1v) is 10.1. The number of benzene rings is 2. The molecule has 7 nitrogen and oxygen atoms in total. The number of nitrogens with zero attached hydrogens (tertiary/aromatic N) is 3. The zero-order valence-corrected chi connectivity index (χ0v) is 16.9. The Hall–Kier alpha value is -2.97. The van der Waals surface area contributed by atoms with E-state index in [1.165, 1.54) is 11.8 Å². The molecule has 1 atom stereocenters. The van der Waals surface area contributed by atoms with Crippen molar-refractivity contribution in [3.63, 3.8) is 0 Å². The molecule has 4 rings (SSSR count). The largest absolute Gasteiger partial charge is 0.383 e. The minimum atomic E-state index is -0.214. The van der Waals surface area contributed by atoms with Crippen molar-refractivity contribution in [1.29, 1.82) is 0 Å². The van der Waals surface area contributed by atoms with E-state index in [1.54, 1.807) is 23.8 Å². The van der Waals surface area contributed by atoms with Crippen LogP contribution in [0.15, 0.2) is 63.3 Å². The van der Waals surface area contributed by atoms with Gasteiger partial charge in [-0.15, -0.1) is 0 Å². The van der Waals surface area contributed by atoms with Gasteiger partial charge in [-0.1, -0.05) is 36.0 Å². The van der Waals surface area contributed by atoms with Crippen LogP contribution in [0.4, 0.5) is 0 Å². The van der Waals surface area contributed by atoms with Gasteiger partial charge in [-0.3, -0.25) is 14.2 Å². The third kappa shape index (κ3) is 3.81. The summed E-state index contributed by atoms with van der Waals surface area (Å²) in [5.74, 6) is 0.541. The third-order valence-corrected chi connectivity index (χ3v) is 5.74. The monoisotopic (exact) mass is 408 g/mol. The standard InChI is InChI=1S/C21H20N4O3S/c1-13(18-22-16-9-5-3-7-14(16)19(26)24-18)29-21-23-17-10-6-4-8-15(17)20(27)25(21)11-12-28-2/h3-10,13H,11-12H2,1-2H3,(H,22,24,26)/t13-/m0/s1. The lowest BCUT2D eigenvalue weighted by molar-refractivity contribution is 0.183. The molecule has 1 N–H and O–H groups in total. The Labute approximate surface area is 170 Å². The molecule has 2 aromatic carbocycles. The SMILES string of the molecule is COCCn1c(S[C@@H](C)c2nc3ccccc3c(=O)[nH]2)nc2ccccc2c1=O. The number of para-hydroxylation sites is 2. The number of H-pyrrole nitrogens is 1. The average Bonchev–Trinajstić information content (AvgIpc) is 2.73. The van der Waals surface area contributed by atoms with Crippen LogP contribution in [0.25, 0.3) is 21.8 Å². The first-order chi connectivity index (χ1) is 14.1. The second-order valence-electron chi connectivity index (χ2n) is 6.59. The van der Waals surface area contributed by atoms with Crippen molar-refractivity contribution in [2.24, 2.45) is 0 Å². The molecule has 0 fully saturated rings. The van der Waals surface area contributed by atoms with E-state index in [9.17, 15) is 9.59 Å². The minimum absolute atomic E-state index is 0.109. The molecule has 0 saturated carbocycles. The predicted octanol–water partition coefficient (Wildman–Crippen LogP) is 3.13. The van der Waals surface area contributed by atoms with Crippen LogP contribution >= 0.6 is 11.8 Å². The number of methoxy groups -OCH3 is 1. The van der Waals surface area contributed by atoms with Gasteiger partial charge in [0.1, 0.15) is 5.82 Å². The fraction of sp³-hybridized carbons (Fsp3) is 0.238. The highest BCUT2D eigenvalue weighted by Crippen LogP contribution is 2.32. The second kappa shape index (κ2) is 8.18. The van der Waals surface area contributed by atoms with Gasteiger partial charge >= 0.3 is 0 Å². The summed E-state index contributed by atoms with van der Waals surface area (Å²) < 4.78 is 6.78. The first kappa shape index (κ1) is 19.4. The third-order valence-electron chi connectivity index (χ3n) is 4.64. The Balaban J connectivity index is 1.76. The fourth-order valence-electron chi connectivity index (χ4n) is 3.13. The molecule has 0 amide bonds. The molecule has 0 aliphatic rings. The Morgan fingerprint density at radius 2 is 1.69 bits per heavy atom. The number of thioether (sulfide) groups is 1. The molecule has 0 unspecified atom stereocenters. The van der Waals surface area contributed by atoms with E-state index in [0.29, 0.717) is 45.9 Å². The van der Waals surface area contributed by atoms with Crippen LogP contribution < -0.4 is 11.1 Å². The van der Waals surface area contributed by atoms with Gasteiger partial charge in [-0.05, 0) is 31.2 Å². The molecular weight excluding hydrogens is 388 g/mol. The van der Waals surface area contributed by atoms with Crippen molar-refractivity contribution >= 4 is 33.6 Å². The Morgan fingerprint density at radius 3 is 2.41 bits per heavy atom. The summed E-state index contributed by atoms with van der Waals surface area (Å²) in [5.41, 5.74) is 0.992. The molecule has 0 saturated heterocycles. The van der Waals surface area contributed by atoms with Crippen LogP contribution in [-0.2, 0) is 11.3 Å². The van der Waals surface area contributed by atoms with Gasteiger partial charge in [-0.25, -0.2) is 9.97 Å². The van der Waals surface area contributed by atoms with Gasteiger partial charge in [0.25, 0.3) is 11.1 Å². The lowest BCUT2D eigenvalue weighted by atomic mass is 10.2. The maximum absolute atomic E-state index is 13.0. The Bertz CT molecular complexity index is 1300. The number of rotatable bonds is 6. The van der Waals surface area contributed by atoms with Crippen LogP contribution in [0.3, 0.4) is 0 Å². The Morgan fingerprint density at radius 1 is 1.03 bits per heavy atom. The minimum Gasteiger partial charge on any atom is -0.383 e. The first-order valence-electron chi connectivity index (χ1n) is 9.22. The molecule has 2 aromatic heterocycles. The molecule has 2 heterocycles. The highest BCUT2D eigenvalue weighted by atomic mass is 32.2. The predicted molar refractivity (Wildman–Crippen MR) is 115 cm³/mol. The van der Waals surface area contributed by atoms with Crippen molar-refractivity contribution in [1.82, 2.24) is 19.5 Å². The van der Waals surface area contributed by atoms with Crippen molar-refractivity contribution in [2.45, 2.75) is 23.9 Å². The van der Waals surface area contributed by atoms with E-state index >= 15 is 0 Å². The van der Waals surface area contributed by atoms with E-state index in [0.717, 1.165) is 0 Å². The van der Waals surface area contributed by atoms with Gasteiger partial charge in [0.05, 0.1) is 40.2 Å². The lowest BCUT2D eigenvalue weighted by Gasteiger charge is -2.16. The van der Waals surface area contributed by atoms with Crippen LogP contribution in [0.5, 0.6) is 0 Å². The quantitative estimate of drug-likeness (QED) is 0.389. The number of ether oxygens (including phenoxy) is 1. The Kier molecular flexibility index (Phi) is 5.46. The topological polar surface area (TPSA) is 89.9 Å². The maximum Gasteiger partial charge on any atom is 0.262 e. The van der Waals surface area contributed by atoms with Crippen molar-refractivity contribution < 1.29 is 4.74 Å². The van der Waals surface area contributed by atoms with E-state index in [2.05, 4.69) is 15.0 Å². The molecule has 0 spiro atoms. The van der Waals surface area contributed by atoms with E-state index in [4.69, 9.17) is 4.74 Å². The van der Waals surface area contributed by atoms with Gasteiger partial charge in [0.15, 0.2) is 5.16 Å². The maximum atomic E-state index is 13.0. The summed E-state index contributed by atoms with van der Waals surface area (Å²) in [4.78, 5) is 37.5. The molecule has 8 heteroatoms. The number of hydrogen-bond acceptors (Lipinski definition) is 6. The molecule has 0 aliphatic heterocycles. The van der Waals surface area contributed by atoms with Crippen molar-refractivity contribution in [3.05, 3.63) is 75.1 Å². The number of hydrogen-bond donors (Lipinski definition) is 1. The summed E-state index contributed by atoms with van der Waals surface area (Å²) in [5, 5.41) is 1.47. The molecule has 0 bridgehead atoms. The lowest BCUT2D eigenvalue weighted by Crippen LogP contribution is -2.25. The number of aromatic amines is 1. The summed E-state index contributed by atoms with van der Waals surface area (Å²) in [6.07, 6.45) is 0. The summed E-state index contributed by atoms with van der Waals surface area (Å²) in [6, 6.07) is 14.5. The number of aromatic nitrogens is 4. The number of fused-ring (bicyclic) bond motifs is 2. The summed E-state index contributed by atoms with van der Waals surface area (Å²) in [6.45, 7) is 2.72. The van der Waals surface area contributed by atoms with Gasteiger partial charge < -0.3 is 9.72 Å². The van der Waals surface area contributed by atoms with Gasteiger partial charge in [0, 0.05) is 7.11 Å². The zero-order valence-electron chi connectivity index (χ0n) is 16.1. The smallest absolute Gasteiger partial charge is 0.262 e. The molecule has 29 heavy (non-hydrogen) atoms. The van der Waals surface area contributed by atoms with Crippen LogP contribution in [0.2, 0.25) is 0 Å². The summed E-state index contributed by atoms with van der Waals surface area (Å²) >= 11 is 1.38. The second-order valence-corrected chi connectivity index (χ2v) is 7.90.